The number of benzene rings is 1. The van der Waals surface area contributed by atoms with E-state index < -0.39 is 48.4 Å². The molecule has 0 aliphatic carbocycles. The molecule has 0 saturated carbocycles. The second-order valence-electron chi connectivity index (χ2n) is 8.44. The molecule has 1 heterocycles. The number of aromatic hydroxyl groups is 1. The Morgan fingerprint density at radius 3 is 2.29 bits per heavy atom. The van der Waals surface area contributed by atoms with Crippen LogP contribution in [0.3, 0.4) is 0 Å². The van der Waals surface area contributed by atoms with Gasteiger partial charge in [0.15, 0.2) is 5.96 Å². The second-order valence-corrected chi connectivity index (χ2v) is 8.44. The van der Waals surface area contributed by atoms with Crippen LogP contribution < -0.4 is 33.2 Å². The van der Waals surface area contributed by atoms with Crippen LogP contribution in [-0.4, -0.2) is 81.0 Å². The number of aromatic nitrogens is 2. The lowest BCUT2D eigenvalue weighted by molar-refractivity contribution is -0.138. The maximum absolute atomic E-state index is 13.3. The number of guanidine groups is 1. The van der Waals surface area contributed by atoms with Gasteiger partial charge in [0.2, 0.25) is 17.7 Å². The second kappa shape index (κ2) is 14.8. The van der Waals surface area contributed by atoms with Crippen LogP contribution in [0.1, 0.15) is 24.1 Å². The minimum Gasteiger partial charge on any atom is -0.508 e. The first-order chi connectivity index (χ1) is 18.0. The Morgan fingerprint density at radius 1 is 1.00 bits per heavy atom. The third kappa shape index (κ3) is 10.5. The van der Waals surface area contributed by atoms with Crippen molar-refractivity contribution in [2.45, 2.75) is 43.8 Å². The number of nitrogens with one attached hydrogen (secondary N) is 4. The van der Waals surface area contributed by atoms with E-state index in [0.29, 0.717) is 17.7 Å². The van der Waals surface area contributed by atoms with Gasteiger partial charge in [-0.3, -0.25) is 24.2 Å². The summed E-state index contributed by atoms with van der Waals surface area (Å²) in [4.78, 5) is 60.2. The first-order valence-electron chi connectivity index (χ1n) is 11.7. The maximum Gasteiger partial charge on any atom is 0.322 e. The molecule has 3 amide bonds. The van der Waals surface area contributed by atoms with E-state index in [4.69, 9.17) is 22.3 Å². The number of carboxylic acid groups (broad SMARTS) is 1. The van der Waals surface area contributed by atoms with Crippen molar-refractivity contribution >= 4 is 29.7 Å². The normalized spacial score (nSPS) is 13.0. The summed E-state index contributed by atoms with van der Waals surface area (Å²) in [5.74, 6) is -3.40. The van der Waals surface area contributed by atoms with Crippen LogP contribution in [0.15, 0.2) is 41.8 Å². The highest BCUT2D eigenvalue weighted by atomic mass is 16.4. The molecule has 2 rings (SSSR count). The van der Waals surface area contributed by atoms with Gasteiger partial charge in [-0.1, -0.05) is 12.1 Å². The minimum atomic E-state index is -1.26. The molecule has 3 atom stereocenters. The van der Waals surface area contributed by atoms with Crippen LogP contribution >= 0.6 is 0 Å². The van der Waals surface area contributed by atoms with Crippen LogP contribution in [0.25, 0.3) is 0 Å². The lowest BCUT2D eigenvalue weighted by Gasteiger charge is -2.24. The monoisotopic (exact) mass is 531 g/mol. The van der Waals surface area contributed by atoms with E-state index in [1.165, 1.54) is 24.7 Å². The molecule has 0 bridgehead atoms. The lowest BCUT2D eigenvalue weighted by atomic mass is 10.0. The summed E-state index contributed by atoms with van der Waals surface area (Å²) in [5, 5.41) is 25.9. The van der Waals surface area contributed by atoms with Crippen molar-refractivity contribution < 1.29 is 29.4 Å². The summed E-state index contributed by atoms with van der Waals surface area (Å²) < 4.78 is 0. The van der Waals surface area contributed by atoms with Crippen molar-refractivity contribution in [3.63, 3.8) is 0 Å². The number of aliphatic carboxylic acids is 1. The van der Waals surface area contributed by atoms with E-state index in [9.17, 15) is 24.3 Å². The number of hydrogen-bond acceptors (Lipinski definition) is 8. The first kappa shape index (κ1) is 29.6. The van der Waals surface area contributed by atoms with E-state index >= 15 is 0 Å². The number of imidazole rings is 1. The highest BCUT2D eigenvalue weighted by molar-refractivity contribution is 5.93. The molecule has 3 unspecified atom stereocenters. The minimum absolute atomic E-state index is 0.0199. The Hall–Kier alpha value is -4.66. The Bertz CT molecular complexity index is 1100. The van der Waals surface area contributed by atoms with Gasteiger partial charge in [0.05, 0.1) is 12.4 Å². The smallest absolute Gasteiger partial charge is 0.322 e. The standard InChI is InChI=1S/C23H33N9O6/c24-16(9-14-10-27-12-30-14)20(36)32-18(8-13-3-5-15(33)6-4-13)22(38)31-17(2-1-7-28-23(25)26)21(37)29-11-19(34)35/h3-6,10,12,16-18,33H,1-2,7-9,11,24H2,(H,27,30)(H,29,37)(H,31,38)(H,32,36)(H,34,35)(H4,25,26,28). The molecule has 0 radical (unpaired) electrons. The SMILES string of the molecule is NC(N)=NCCCC(NC(=O)C(Cc1ccc(O)cc1)NC(=O)C(N)Cc1cnc[nH]1)C(=O)NCC(=O)O. The first-order valence-corrected chi connectivity index (χ1v) is 11.7. The number of hydrogen-bond donors (Lipinski definition) is 9. The maximum atomic E-state index is 13.3. The van der Waals surface area contributed by atoms with E-state index in [1.54, 1.807) is 12.1 Å². The topological polar surface area (TPSA) is 264 Å². The third-order valence-corrected chi connectivity index (χ3v) is 5.33. The van der Waals surface area contributed by atoms with Crippen molar-refractivity contribution in [3.05, 3.63) is 48.0 Å². The molecule has 0 fully saturated rings. The number of carboxylic acids is 1. The van der Waals surface area contributed by atoms with E-state index in [2.05, 4.69) is 30.9 Å². The van der Waals surface area contributed by atoms with E-state index in [0.717, 1.165) is 0 Å². The fourth-order valence-electron chi connectivity index (χ4n) is 3.41. The van der Waals surface area contributed by atoms with Crippen molar-refractivity contribution in [3.8, 4) is 5.75 Å². The van der Waals surface area contributed by atoms with Gasteiger partial charge in [-0.2, -0.15) is 0 Å². The van der Waals surface area contributed by atoms with Crippen molar-refractivity contribution in [2.24, 2.45) is 22.2 Å². The van der Waals surface area contributed by atoms with Gasteiger partial charge in [0.25, 0.3) is 0 Å². The number of nitrogens with zero attached hydrogens (tertiary/aromatic N) is 2. The van der Waals surface area contributed by atoms with Crippen LogP contribution in [0.2, 0.25) is 0 Å². The molecule has 0 saturated heterocycles. The number of phenols is 1. The number of H-pyrrole nitrogens is 1. The van der Waals surface area contributed by atoms with Crippen LogP contribution in [-0.2, 0) is 32.0 Å². The van der Waals surface area contributed by atoms with Gasteiger partial charge >= 0.3 is 5.97 Å². The fourth-order valence-corrected chi connectivity index (χ4v) is 3.41. The summed E-state index contributed by atoms with van der Waals surface area (Å²) in [7, 11) is 0. The highest BCUT2D eigenvalue weighted by Crippen LogP contribution is 2.12. The molecule has 15 heteroatoms. The zero-order valence-corrected chi connectivity index (χ0v) is 20.6. The lowest BCUT2D eigenvalue weighted by Crippen LogP contribution is -2.57. The molecule has 15 nitrogen and oxygen atoms in total. The predicted molar refractivity (Wildman–Crippen MR) is 136 cm³/mol. The molecule has 1 aromatic heterocycles. The molecule has 38 heavy (non-hydrogen) atoms. The highest BCUT2D eigenvalue weighted by Gasteiger charge is 2.28. The molecule has 2 aromatic rings. The molecular weight excluding hydrogens is 498 g/mol. The molecule has 0 spiro atoms. The summed E-state index contributed by atoms with van der Waals surface area (Å²) in [6.45, 7) is -0.466. The molecule has 1 aromatic carbocycles. The average molecular weight is 532 g/mol. The van der Waals surface area contributed by atoms with Gasteiger partial charge in [-0.05, 0) is 30.5 Å². The number of carbonyl (C=O) groups excluding carboxylic acids is 3. The number of aliphatic imine (C=N–C) groups is 1. The molecule has 12 N–H and O–H groups in total. The summed E-state index contributed by atoms with van der Waals surface area (Å²) in [6, 6.07) is 2.75. The molecular formula is C23H33N9O6. The molecule has 0 aliphatic heterocycles. The Labute approximate surface area is 218 Å². The fraction of sp³-hybridized carbons (Fsp3) is 0.391. The van der Waals surface area contributed by atoms with E-state index in [1.807, 2.05) is 0 Å². The predicted octanol–water partition coefficient (Wildman–Crippen LogP) is -2.55. The van der Waals surface area contributed by atoms with Crippen molar-refractivity contribution in [2.75, 3.05) is 13.1 Å². The quantitative estimate of drug-likeness (QED) is 0.0659. The average Bonchev–Trinajstić information content (AvgIpc) is 3.37. The third-order valence-electron chi connectivity index (χ3n) is 5.33. The molecule has 0 aliphatic rings. The number of amides is 3. The number of aromatic amines is 1. The van der Waals surface area contributed by atoms with Gasteiger partial charge in [0, 0.05) is 31.3 Å². The van der Waals surface area contributed by atoms with Crippen LogP contribution in [0, 0.1) is 0 Å². The Morgan fingerprint density at radius 2 is 1.68 bits per heavy atom. The van der Waals surface area contributed by atoms with Crippen molar-refractivity contribution in [1.29, 1.82) is 0 Å². The van der Waals surface area contributed by atoms with Gasteiger partial charge in [-0.15, -0.1) is 0 Å². The molecule has 206 valence electrons. The van der Waals surface area contributed by atoms with Crippen LogP contribution in [0.5, 0.6) is 5.75 Å². The van der Waals surface area contributed by atoms with Gasteiger partial charge in [0.1, 0.15) is 24.4 Å². The number of carbonyl (C=O) groups is 4. The summed E-state index contributed by atoms with van der Waals surface area (Å²) in [6.07, 6.45) is 3.53. The van der Waals surface area contributed by atoms with Gasteiger partial charge < -0.3 is 48.3 Å². The zero-order valence-electron chi connectivity index (χ0n) is 20.6. The Balaban J connectivity index is 2.18. The van der Waals surface area contributed by atoms with Gasteiger partial charge in [-0.25, -0.2) is 4.98 Å². The van der Waals surface area contributed by atoms with Crippen LogP contribution in [0.4, 0.5) is 0 Å². The van der Waals surface area contributed by atoms with E-state index in [-0.39, 0.29) is 37.5 Å². The summed E-state index contributed by atoms with van der Waals surface area (Å²) in [5.41, 5.74) is 17.9. The zero-order chi connectivity index (χ0) is 28.1. The largest absolute Gasteiger partial charge is 0.508 e. The van der Waals surface area contributed by atoms with Crippen molar-refractivity contribution in [1.82, 2.24) is 25.9 Å². The number of nitrogens with two attached hydrogens (primary N) is 3. The summed E-state index contributed by atoms with van der Waals surface area (Å²) >= 11 is 0. The Kier molecular flexibility index (Phi) is 11.5. The number of rotatable bonds is 15. The number of phenolic OH excluding ortho intramolecular Hbond substituents is 1.